The van der Waals surface area contributed by atoms with Crippen molar-refractivity contribution in [3.8, 4) is 0 Å². The summed E-state index contributed by atoms with van der Waals surface area (Å²) in [6.45, 7) is 4.92. The molecule has 0 rings (SSSR count). The molecule has 0 aliphatic carbocycles. The second-order valence-electron chi connectivity index (χ2n) is 24.2. The molecule has 0 spiro atoms. The number of aliphatic hydroxyl groups is 2. The molecule has 78 heavy (non-hydrogen) atoms. The first-order valence-corrected chi connectivity index (χ1v) is 35.3. The Morgan fingerprint density at radius 2 is 0.603 bits per heavy atom. The number of carbonyl (C=O) groups is 2. The van der Waals surface area contributed by atoms with Crippen LogP contribution < -0.4 is 5.32 Å². The molecule has 3 N–H and O–H groups in total. The second kappa shape index (κ2) is 67.6. The largest absolute Gasteiger partial charge is 0.466 e. The minimum atomic E-state index is -0.842. The summed E-state index contributed by atoms with van der Waals surface area (Å²) in [5, 5.41) is 23.1. The highest BCUT2D eigenvalue weighted by molar-refractivity contribution is 5.76. The van der Waals surface area contributed by atoms with Gasteiger partial charge in [-0.2, -0.15) is 0 Å². The lowest BCUT2D eigenvalue weighted by Crippen LogP contribution is -2.45. The Bertz CT molecular complexity index is 1260. The highest BCUT2D eigenvalue weighted by Crippen LogP contribution is 2.18. The monoisotopic (exact) mass is 1100 g/mol. The van der Waals surface area contributed by atoms with E-state index in [9.17, 15) is 19.8 Å². The summed E-state index contributed by atoms with van der Waals surface area (Å²) in [6, 6.07) is -0.625. The number of rotatable bonds is 66. The lowest BCUT2D eigenvalue weighted by Gasteiger charge is -2.20. The van der Waals surface area contributed by atoms with Crippen molar-refractivity contribution in [2.45, 2.75) is 398 Å². The third kappa shape index (κ3) is 63.3. The predicted molar refractivity (Wildman–Crippen MR) is 343 cm³/mol. The van der Waals surface area contributed by atoms with Crippen molar-refractivity contribution < 1.29 is 24.5 Å². The van der Waals surface area contributed by atoms with E-state index in [1.165, 1.54) is 315 Å². The molecule has 0 heterocycles. The Labute approximate surface area is 487 Å². The number of amides is 1. The maximum atomic E-state index is 12.5. The van der Waals surface area contributed by atoms with E-state index < -0.39 is 12.1 Å². The zero-order valence-electron chi connectivity index (χ0n) is 52.7. The molecule has 0 bridgehead atoms. The fourth-order valence-electron chi connectivity index (χ4n) is 11.0. The van der Waals surface area contributed by atoms with Gasteiger partial charge in [-0.25, -0.2) is 0 Å². The van der Waals surface area contributed by atoms with Crippen molar-refractivity contribution >= 4 is 11.9 Å². The third-order valence-electron chi connectivity index (χ3n) is 16.4. The van der Waals surface area contributed by atoms with Gasteiger partial charge in [0.15, 0.2) is 0 Å². The number of hydrogen-bond acceptors (Lipinski definition) is 5. The van der Waals surface area contributed by atoms with Gasteiger partial charge in [0.1, 0.15) is 0 Å². The first-order chi connectivity index (χ1) is 38.5. The fourth-order valence-corrected chi connectivity index (χ4v) is 11.0. The average Bonchev–Trinajstić information content (AvgIpc) is 3.44. The smallest absolute Gasteiger partial charge is 0.305 e. The van der Waals surface area contributed by atoms with Crippen molar-refractivity contribution in [3.05, 3.63) is 36.5 Å². The van der Waals surface area contributed by atoms with E-state index in [0.29, 0.717) is 19.4 Å². The van der Waals surface area contributed by atoms with Crippen LogP contribution in [0.25, 0.3) is 0 Å². The molecule has 0 saturated heterocycles. The number of aliphatic hydroxyl groups excluding tert-OH is 2. The number of esters is 1. The summed E-state index contributed by atoms with van der Waals surface area (Å²) in [6.07, 6.45) is 86.6. The van der Waals surface area contributed by atoms with Crippen LogP contribution in [0.2, 0.25) is 0 Å². The minimum absolute atomic E-state index is 0.0148. The van der Waals surface area contributed by atoms with Gasteiger partial charge in [-0.3, -0.25) is 9.59 Å². The number of nitrogens with one attached hydrogen (secondary N) is 1. The zero-order valence-corrected chi connectivity index (χ0v) is 52.7. The lowest BCUT2D eigenvalue weighted by atomic mass is 10.0. The van der Waals surface area contributed by atoms with Gasteiger partial charge in [0.25, 0.3) is 0 Å². The maximum absolute atomic E-state index is 12.5. The van der Waals surface area contributed by atoms with Crippen LogP contribution in [0.4, 0.5) is 0 Å². The molecule has 6 nitrogen and oxygen atoms in total. The van der Waals surface area contributed by atoms with Crippen molar-refractivity contribution in [1.29, 1.82) is 0 Å². The van der Waals surface area contributed by atoms with Gasteiger partial charge >= 0.3 is 5.97 Å². The van der Waals surface area contributed by atoms with Crippen molar-refractivity contribution in [1.82, 2.24) is 5.32 Å². The highest BCUT2D eigenvalue weighted by Gasteiger charge is 2.18. The van der Waals surface area contributed by atoms with Crippen molar-refractivity contribution in [2.75, 3.05) is 13.2 Å². The SMILES string of the molecule is CCCCCCCCC/C=C\CCCCCCCCCC(=O)OCCCCCCCCCCCCCC/C=C\CCCCCCCCCCCCCCCCCC(=O)NC(CO)C(O)/C=C/CCCCCCCCCCCC. The van der Waals surface area contributed by atoms with Crippen LogP contribution in [0.15, 0.2) is 36.5 Å². The molecule has 1 amide bonds. The Kier molecular flexibility index (Phi) is 65.9. The first kappa shape index (κ1) is 76.1. The van der Waals surface area contributed by atoms with E-state index in [1.807, 2.05) is 6.08 Å². The molecule has 0 fully saturated rings. The molecule has 2 unspecified atom stereocenters. The fraction of sp³-hybridized carbons (Fsp3) is 0.889. The molecule has 0 aromatic rings. The minimum Gasteiger partial charge on any atom is -0.466 e. The summed E-state index contributed by atoms with van der Waals surface area (Å²) in [7, 11) is 0. The topological polar surface area (TPSA) is 95.9 Å². The maximum Gasteiger partial charge on any atom is 0.305 e. The van der Waals surface area contributed by atoms with Crippen LogP contribution in [0.1, 0.15) is 386 Å². The molecule has 0 radical (unpaired) electrons. The molecule has 0 aliphatic heterocycles. The van der Waals surface area contributed by atoms with Crippen LogP contribution in [-0.4, -0.2) is 47.4 Å². The molecular weight excluding hydrogens is 959 g/mol. The van der Waals surface area contributed by atoms with Gasteiger partial charge in [0.2, 0.25) is 5.91 Å². The Morgan fingerprint density at radius 1 is 0.346 bits per heavy atom. The van der Waals surface area contributed by atoms with Crippen LogP contribution in [0.5, 0.6) is 0 Å². The van der Waals surface area contributed by atoms with E-state index in [4.69, 9.17) is 4.74 Å². The molecular formula is C72H137NO5. The third-order valence-corrected chi connectivity index (χ3v) is 16.4. The molecule has 0 saturated carbocycles. The standard InChI is InChI=1S/C72H137NO5/c1-3-5-7-9-11-13-15-17-18-19-36-39-42-46-50-54-58-62-66-72(77)78-67-63-59-55-51-47-43-40-37-34-32-30-28-26-24-22-20-21-23-25-27-29-31-33-35-38-41-45-49-53-57-61-65-71(76)73-69(68-74)70(75)64-60-56-52-48-44-16-14-12-10-8-6-4-2/h18-19,22,24,60,64,69-70,74-75H,3-17,20-21,23,25-59,61-63,65-68H2,1-2H3,(H,73,76)/b19-18-,24-22-,64-60+. The summed E-state index contributed by atoms with van der Waals surface area (Å²) in [4.78, 5) is 24.6. The van der Waals surface area contributed by atoms with Gasteiger partial charge in [-0.1, -0.05) is 326 Å². The van der Waals surface area contributed by atoms with Crippen LogP contribution >= 0.6 is 0 Å². The Hall–Kier alpha value is -1.92. The van der Waals surface area contributed by atoms with Crippen LogP contribution in [-0.2, 0) is 14.3 Å². The molecule has 2 atom stereocenters. The van der Waals surface area contributed by atoms with E-state index in [2.05, 4.69) is 43.5 Å². The highest BCUT2D eigenvalue weighted by atomic mass is 16.5. The Balaban J connectivity index is 3.35. The number of unbranched alkanes of at least 4 members (excludes halogenated alkanes) is 51. The first-order valence-electron chi connectivity index (χ1n) is 35.3. The quantitative estimate of drug-likeness (QED) is 0.0320. The average molecular weight is 1100 g/mol. The summed E-state index contributed by atoms with van der Waals surface area (Å²) < 4.78 is 5.50. The van der Waals surface area contributed by atoms with E-state index in [0.717, 1.165) is 44.9 Å². The van der Waals surface area contributed by atoms with E-state index >= 15 is 0 Å². The van der Waals surface area contributed by atoms with Crippen molar-refractivity contribution in [2.24, 2.45) is 0 Å². The van der Waals surface area contributed by atoms with Gasteiger partial charge in [0, 0.05) is 12.8 Å². The van der Waals surface area contributed by atoms with Crippen LogP contribution in [0.3, 0.4) is 0 Å². The lowest BCUT2D eigenvalue weighted by molar-refractivity contribution is -0.143. The van der Waals surface area contributed by atoms with Gasteiger partial charge in [-0.05, 0) is 83.5 Å². The number of hydrogen-bond donors (Lipinski definition) is 3. The predicted octanol–water partition coefficient (Wildman–Crippen LogP) is 22.7. The van der Waals surface area contributed by atoms with Gasteiger partial charge in [0.05, 0.1) is 25.4 Å². The van der Waals surface area contributed by atoms with Gasteiger partial charge in [-0.15, -0.1) is 0 Å². The van der Waals surface area contributed by atoms with Crippen LogP contribution in [0, 0.1) is 0 Å². The summed E-state index contributed by atoms with van der Waals surface area (Å²) in [5.41, 5.74) is 0. The summed E-state index contributed by atoms with van der Waals surface area (Å²) in [5.74, 6) is -0.0505. The Morgan fingerprint density at radius 3 is 0.910 bits per heavy atom. The molecule has 0 aliphatic rings. The molecule has 0 aromatic heterocycles. The van der Waals surface area contributed by atoms with E-state index in [1.54, 1.807) is 6.08 Å². The molecule has 460 valence electrons. The van der Waals surface area contributed by atoms with E-state index in [-0.39, 0.29) is 18.5 Å². The van der Waals surface area contributed by atoms with Gasteiger partial charge < -0.3 is 20.3 Å². The normalized spacial score (nSPS) is 12.7. The number of allylic oxidation sites excluding steroid dienone is 5. The summed E-state index contributed by atoms with van der Waals surface area (Å²) >= 11 is 0. The van der Waals surface area contributed by atoms with Crippen molar-refractivity contribution in [3.63, 3.8) is 0 Å². The molecule has 0 aromatic carbocycles. The number of ether oxygens (including phenoxy) is 1. The number of carbonyl (C=O) groups excluding carboxylic acids is 2. The second-order valence-corrected chi connectivity index (χ2v) is 24.2. The zero-order chi connectivity index (χ0) is 56.4. The molecule has 6 heteroatoms.